The van der Waals surface area contributed by atoms with Crippen LogP contribution in [0.5, 0.6) is 34.5 Å². The molecule has 0 spiro atoms. The molecule has 7 aromatic carbocycles. The van der Waals surface area contributed by atoms with E-state index in [1.54, 1.807) is 32.9 Å². The van der Waals surface area contributed by atoms with E-state index in [9.17, 15) is 65.4 Å². The Balaban J connectivity index is 0.970. The van der Waals surface area contributed by atoms with E-state index in [0.717, 1.165) is 53.1 Å². The number of hydrogen-bond donors (Lipinski definition) is 19. The summed E-state index contributed by atoms with van der Waals surface area (Å²) in [7, 11) is 0. The fourth-order valence-corrected chi connectivity index (χ4v) is 18.7. The Bertz CT molecular complexity index is 5600. The number of aliphatic hydroxyl groups is 9. The van der Waals surface area contributed by atoms with Crippen LogP contribution in [0, 0.1) is 11.8 Å². The number of hydrogen-bond acceptors (Lipinski definition) is 31. The lowest BCUT2D eigenvalue weighted by Gasteiger charge is -2.48. The van der Waals surface area contributed by atoms with Crippen molar-refractivity contribution in [3.05, 3.63) is 187 Å². The van der Waals surface area contributed by atoms with Crippen molar-refractivity contribution < 1.29 is 137 Å². The predicted octanol–water partition coefficient (Wildman–Crippen LogP) is 4.65. The van der Waals surface area contributed by atoms with Crippen LogP contribution in [0.15, 0.2) is 127 Å². The third kappa shape index (κ3) is 21.5. The molecule has 8 heterocycles. The minimum atomic E-state index is -3.09. The van der Waals surface area contributed by atoms with E-state index in [4.69, 9.17) is 94.6 Å². The van der Waals surface area contributed by atoms with Crippen LogP contribution < -0.4 is 63.3 Å². The molecule has 0 radical (unpaired) electrons. The number of ether oxygens (including phenoxy) is 9. The molecule has 134 heavy (non-hydrogen) atoms. The maximum absolute atomic E-state index is 16.9. The SMILES string of the molecule is CCC(CC(C)O)C(=O)NC1C(=O)CC(CC(N)=O)C(=O)NC2C(=O)CC3C(=O)NC(C(=O)NC(C(=O)OCC(=O)NCCCN)c4cc(O)cc5c4-c4cc3ccc4C5(O)O)C(OC3CC(C)(N)C(O)C(C)O3)c3ccc(c(Cl)c3)Oc3cc2cc(c3OC2OC(CO)C(O)C(O)C2OC2CC(C)(NCc3ccc(-c4ccc(Cl)cc4)cc3)C(O)C(C)O2)Oc2ccc(cc2Cl)C1O. The second-order valence-corrected chi connectivity index (χ2v) is 36.8. The van der Waals surface area contributed by atoms with Crippen LogP contribution in [0.3, 0.4) is 0 Å². The van der Waals surface area contributed by atoms with E-state index < -0.39 is 281 Å². The number of phenols is 1. The smallest absolute Gasteiger partial charge is 0.333 e. The average Bonchev–Trinajstić information content (AvgIpc) is 1.56. The number of aromatic hydroxyl groups is 1. The Morgan fingerprint density at radius 2 is 1.32 bits per heavy atom. The van der Waals surface area contributed by atoms with Crippen molar-refractivity contribution >= 4 is 87.8 Å². The quantitative estimate of drug-likeness (QED) is 0.0222. The van der Waals surface area contributed by atoms with Gasteiger partial charge in [-0.2, -0.15) is 0 Å². The first-order valence-corrected chi connectivity index (χ1v) is 45.0. The van der Waals surface area contributed by atoms with Gasteiger partial charge in [-0.05, 0) is 183 Å². The summed E-state index contributed by atoms with van der Waals surface area (Å²) in [6, 6.07) is 21.3. The fourth-order valence-electron chi connectivity index (χ4n) is 18.1. The maximum atomic E-state index is 16.9. The highest BCUT2D eigenvalue weighted by Gasteiger charge is 2.54. The van der Waals surface area contributed by atoms with Crippen molar-refractivity contribution in [3.8, 4) is 56.8 Å². The molecule has 16 rings (SSSR count). The van der Waals surface area contributed by atoms with Crippen LogP contribution >= 0.6 is 34.8 Å². The first-order valence-electron chi connectivity index (χ1n) is 43.9. The van der Waals surface area contributed by atoms with Gasteiger partial charge in [-0.15, -0.1) is 0 Å². The van der Waals surface area contributed by atoms with Crippen molar-refractivity contribution in [3.63, 3.8) is 0 Å². The van der Waals surface area contributed by atoms with Gasteiger partial charge < -0.3 is 143 Å². The maximum Gasteiger partial charge on any atom is 0.333 e. The van der Waals surface area contributed by atoms with E-state index in [2.05, 4.69) is 31.9 Å². The van der Waals surface area contributed by atoms with Crippen LogP contribution in [0.25, 0.3) is 22.3 Å². The standard InChI is InChI=1S/C94H108Cl3N9O28/c1-7-45(25-41(2)108)86(119)105-76-62(110)29-52(32-69(99)112)87(120)103-74-51-30-66(129-64-21-16-49(78(76)114)27-60(64)96)82(134-91-83(80(116)79(115)68(39-107)131-91)133-72-37-93(6,85(118)43(4)128-72)102-38-44-9-11-46(12-10-44)47-13-18-53(95)19-14-47)67(31-51)130-65-22-17-50(28-61(65)97)81(132-71-36-92(5,100)84(117)42(3)127-71)77-89(122)104-75(90(123)126-40-70(113)101-24-8-23-98)57-33-54(109)34-59-73(57)56-26-48(15-20-58(56)94(59,124)125)55(35-63(74)111)88(121)106-77/h9-22,26-28,30-31,33-34,41-43,45,52,55,68,71-72,74-81,83-85,91,102,107-109,114-118,124-125H,7-8,23-25,29,32,35-40,98,100H2,1-6H3,(H2,99,112)(H,101,113)(H,103,120)(H,104,122)(H,105,119)(H,106,121). The molecule has 9 aliphatic rings. The molecule has 3 fully saturated rings. The Morgan fingerprint density at radius 3 is 1.95 bits per heavy atom. The van der Waals surface area contributed by atoms with E-state index >= 15 is 28.8 Å². The highest BCUT2D eigenvalue weighted by molar-refractivity contribution is 6.32. The van der Waals surface area contributed by atoms with Crippen LogP contribution in [0.4, 0.5) is 0 Å². The van der Waals surface area contributed by atoms with Crippen LogP contribution in [0.1, 0.15) is 168 Å². The number of nitrogens with two attached hydrogens (primary N) is 3. The number of nitrogens with one attached hydrogen (secondary N) is 6. The van der Waals surface area contributed by atoms with Gasteiger partial charge in [0.2, 0.25) is 47.4 Å². The average molecular weight is 1920 g/mol. The molecule has 3 saturated heterocycles. The lowest BCUT2D eigenvalue weighted by molar-refractivity contribution is -0.334. The number of rotatable bonds is 24. The Hall–Kier alpha value is -10.4. The first kappa shape index (κ1) is 99.5. The molecule has 23 unspecified atom stereocenters. The zero-order valence-electron chi connectivity index (χ0n) is 73.6. The van der Waals surface area contributed by atoms with Crippen molar-refractivity contribution in [1.29, 1.82) is 0 Å². The highest BCUT2D eigenvalue weighted by atomic mass is 35.5. The molecule has 8 aliphatic heterocycles. The lowest BCUT2D eigenvalue weighted by Crippen LogP contribution is -2.65. The van der Waals surface area contributed by atoms with Crippen LogP contribution in [0.2, 0.25) is 15.1 Å². The van der Waals surface area contributed by atoms with Gasteiger partial charge in [-0.3, -0.25) is 38.4 Å². The van der Waals surface area contributed by atoms with E-state index in [-0.39, 0.29) is 89.5 Å². The minimum absolute atomic E-state index is 0.0488. The second kappa shape index (κ2) is 41.2. The number of primary amides is 1. The zero-order chi connectivity index (χ0) is 96.6. The summed E-state index contributed by atoms with van der Waals surface area (Å²) in [6.45, 7) is 7.74. The third-order valence-corrected chi connectivity index (χ3v) is 26.3. The van der Waals surface area contributed by atoms with Gasteiger partial charge in [0, 0.05) is 78.3 Å². The van der Waals surface area contributed by atoms with Gasteiger partial charge in [-0.25, -0.2) is 4.79 Å². The molecule has 6 amide bonds. The molecule has 37 nitrogen and oxygen atoms in total. The molecule has 0 aromatic heterocycles. The summed E-state index contributed by atoms with van der Waals surface area (Å²) in [5, 5.41) is 135. The molecular weight excluding hydrogens is 1810 g/mol. The van der Waals surface area contributed by atoms with Gasteiger partial charge in [0.15, 0.2) is 54.4 Å². The summed E-state index contributed by atoms with van der Waals surface area (Å²) in [5.41, 5.74) is 15.6. The minimum Gasteiger partial charge on any atom is -0.508 e. The number of esters is 1. The highest BCUT2D eigenvalue weighted by Crippen LogP contribution is 2.54. The molecule has 1 aliphatic carbocycles. The van der Waals surface area contributed by atoms with Gasteiger partial charge in [0.05, 0.1) is 59.0 Å². The normalized spacial score (nSPS) is 29.4. The number of carbonyl (C=O) groups excluding carboxylic acids is 9. The number of amides is 6. The number of fused-ring (bicyclic) bond motifs is 12. The zero-order valence-corrected chi connectivity index (χ0v) is 75.9. The Labute approximate surface area is 783 Å². The van der Waals surface area contributed by atoms with Crippen molar-refractivity contribution in [1.82, 2.24) is 31.9 Å². The number of halogens is 3. The lowest BCUT2D eigenvalue weighted by atomic mass is 9.84. The topological polar surface area (TPSA) is 589 Å². The number of carbonyl (C=O) groups is 9. The monoisotopic (exact) mass is 1920 g/mol. The van der Waals surface area contributed by atoms with Crippen LogP contribution in [-0.2, 0) is 83.9 Å². The summed E-state index contributed by atoms with van der Waals surface area (Å²) in [5.74, 6) is -21.8. The summed E-state index contributed by atoms with van der Waals surface area (Å²) in [6.07, 6.45) is -26.1. The Kier molecular flexibility index (Phi) is 30.6. The molecule has 11 bridgehead atoms. The first-order chi connectivity index (χ1) is 63.5. The summed E-state index contributed by atoms with van der Waals surface area (Å²) in [4.78, 5) is 138. The molecule has 23 atom stereocenters. The van der Waals surface area contributed by atoms with Gasteiger partial charge in [-0.1, -0.05) is 102 Å². The molecular formula is C94H108Cl3N9O28. The van der Waals surface area contributed by atoms with Crippen molar-refractivity contribution in [2.45, 2.75) is 232 Å². The molecule has 0 saturated carbocycles. The van der Waals surface area contributed by atoms with E-state index in [1.807, 2.05) is 36.4 Å². The third-order valence-electron chi connectivity index (χ3n) is 25.5. The predicted molar refractivity (Wildman–Crippen MR) is 478 cm³/mol. The molecule has 22 N–H and O–H groups in total. The number of ketones is 2. The molecule has 40 heteroatoms. The number of Topliss-reactive ketones (excluding diaryl/α,β-unsaturated/α-hetero) is 2. The fraction of sp³-hybridized carbons (Fsp3) is 0.457. The number of aliphatic hydroxyl groups excluding tert-OH is 7. The molecule has 718 valence electrons. The van der Waals surface area contributed by atoms with Crippen molar-refractivity contribution in [2.24, 2.45) is 29.0 Å². The summed E-state index contributed by atoms with van der Waals surface area (Å²) < 4.78 is 59.1. The van der Waals surface area contributed by atoms with Crippen molar-refractivity contribution in [2.75, 3.05) is 26.3 Å². The Morgan fingerprint density at radius 1 is 0.687 bits per heavy atom. The number of benzene rings is 7. The second-order valence-electron chi connectivity index (χ2n) is 35.5. The van der Waals surface area contributed by atoms with Gasteiger partial charge in [0.1, 0.15) is 65.9 Å². The van der Waals surface area contributed by atoms with E-state index in [0.29, 0.717) is 11.4 Å². The number of phenolic OH excluding ortho intramolecular Hbond substituents is 1. The largest absolute Gasteiger partial charge is 0.508 e. The summed E-state index contributed by atoms with van der Waals surface area (Å²) >= 11 is 21.0. The molecule has 7 aromatic rings. The van der Waals surface area contributed by atoms with Gasteiger partial charge in [0.25, 0.3) is 5.91 Å². The van der Waals surface area contributed by atoms with E-state index in [1.165, 1.54) is 63.2 Å². The van der Waals surface area contributed by atoms with Gasteiger partial charge >= 0.3 is 5.97 Å². The van der Waals surface area contributed by atoms with Crippen LogP contribution in [-0.4, -0.2) is 227 Å².